The SMILES string of the molecule is Cc1cc(N2CCC(C(=O)NCCc3cccc(F)c3)CC2)n2ncnc2n1. The molecule has 3 aromatic rings. The van der Waals surface area contributed by atoms with Crippen molar-refractivity contribution >= 4 is 17.5 Å². The number of carbonyl (C=O) groups excluding carboxylic acids is 1. The topological polar surface area (TPSA) is 75.4 Å². The molecule has 0 radical (unpaired) electrons. The number of fused-ring (bicyclic) bond motifs is 1. The second-order valence-electron chi connectivity index (χ2n) is 7.16. The second-order valence-corrected chi connectivity index (χ2v) is 7.16. The smallest absolute Gasteiger partial charge is 0.254 e. The van der Waals surface area contributed by atoms with Crippen molar-refractivity contribution in [1.82, 2.24) is 24.9 Å². The van der Waals surface area contributed by atoms with Crippen LogP contribution >= 0.6 is 0 Å². The third-order valence-corrected chi connectivity index (χ3v) is 5.15. The fourth-order valence-electron chi connectivity index (χ4n) is 3.67. The van der Waals surface area contributed by atoms with E-state index in [1.165, 1.54) is 18.5 Å². The Morgan fingerprint density at radius 3 is 2.89 bits per heavy atom. The van der Waals surface area contributed by atoms with E-state index in [4.69, 9.17) is 0 Å². The number of nitrogens with one attached hydrogen (secondary N) is 1. The molecule has 1 amide bonds. The first kappa shape index (κ1) is 18.3. The van der Waals surface area contributed by atoms with Gasteiger partial charge in [0.25, 0.3) is 5.78 Å². The van der Waals surface area contributed by atoms with Crippen molar-refractivity contribution in [3.05, 3.63) is 53.7 Å². The van der Waals surface area contributed by atoms with Crippen LogP contribution in [0.25, 0.3) is 5.78 Å². The monoisotopic (exact) mass is 382 g/mol. The highest BCUT2D eigenvalue weighted by Gasteiger charge is 2.26. The van der Waals surface area contributed by atoms with E-state index in [0.29, 0.717) is 18.7 Å². The van der Waals surface area contributed by atoms with Gasteiger partial charge in [-0.1, -0.05) is 12.1 Å². The number of benzene rings is 1. The first-order valence-electron chi connectivity index (χ1n) is 9.54. The molecule has 0 atom stereocenters. The quantitative estimate of drug-likeness (QED) is 0.732. The van der Waals surface area contributed by atoms with Gasteiger partial charge in [0.1, 0.15) is 18.0 Å². The Kier molecular flexibility index (Phi) is 5.18. The second kappa shape index (κ2) is 7.92. The molecule has 3 heterocycles. The van der Waals surface area contributed by atoms with Gasteiger partial charge in [0.2, 0.25) is 5.91 Å². The summed E-state index contributed by atoms with van der Waals surface area (Å²) in [5.74, 6) is 1.38. The van der Waals surface area contributed by atoms with E-state index in [2.05, 4.69) is 25.3 Å². The van der Waals surface area contributed by atoms with Crippen molar-refractivity contribution in [3.63, 3.8) is 0 Å². The van der Waals surface area contributed by atoms with Crippen molar-refractivity contribution in [1.29, 1.82) is 0 Å². The fourth-order valence-corrected chi connectivity index (χ4v) is 3.67. The number of rotatable bonds is 5. The van der Waals surface area contributed by atoms with Gasteiger partial charge in [-0.3, -0.25) is 4.79 Å². The number of hydrogen-bond donors (Lipinski definition) is 1. The van der Waals surface area contributed by atoms with E-state index >= 15 is 0 Å². The maximum atomic E-state index is 13.2. The van der Waals surface area contributed by atoms with Crippen LogP contribution in [0.1, 0.15) is 24.1 Å². The van der Waals surface area contributed by atoms with Crippen LogP contribution in [0.2, 0.25) is 0 Å². The van der Waals surface area contributed by atoms with Crippen LogP contribution in [0.5, 0.6) is 0 Å². The average Bonchev–Trinajstić information content (AvgIpc) is 3.16. The Balaban J connectivity index is 1.31. The summed E-state index contributed by atoms with van der Waals surface area (Å²) in [7, 11) is 0. The zero-order valence-corrected chi connectivity index (χ0v) is 15.8. The average molecular weight is 382 g/mol. The molecule has 1 N–H and O–H groups in total. The van der Waals surface area contributed by atoms with Crippen molar-refractivity contribution in [2.45, 2.75) is 26.2 Å². The number of halogens is 1. The van der Waals surface area contributed by atoms with Crippen LogP contribution in [0, 0.1) is 18.7 Å². The Morgan fingerprint density at radius 1 is 1.29 bits per heavy atom. The van der Waals surface area contributed by atoms with Crippen LogP contribution in [0.15, 0.2) is 36.7 Å². The summed E-state index contributed by atoms with van der Waals surface area (Å²) < 4.78 is 15.0. The summed E-state index contributed by atoms with van der Waals surface area (Å²) in [6.45, 7) is 4.02. The number of anilines is 1. The Hall–Kier alpha value is -3.03. The van der Waals surface area contributed by atoms with Crippen molar-refractivity contribution in [2.24, 2.45) is 5.92 Å². The maximum absolute atomic E-state index is 13.2. The van der Waals surface area contributed by atoms with E-state index < -0.39 is 0 Å². The molecule has 0 spiro atoms. The maximum Gasteiger partial charge on any atom is 0.254 e. The van der Waals surface area contributed by atoms with Crippen LogP contribution in [0.3, 0.4) is 0 Å². The molecule has 1 aliphatic heterocycles. The summed E-state index contributed by atoms with van der Waals surface area (Å²) in [6.07, 6.45) is 3.69. The first-order chi connectivity index (χ1) is 13.6. The van der Waals surface area contributed by atoms with Gasteiger partial charge in [-0.05, 0) is 43.9 Å². The molecule has 4 rings (SSSR count). The molecular formula is C20H23FN6O. The standard InChI is InChI=1S/C20H23FN6O/c1-14-11-18(27-20(25-14)23-13-24-27)26-9-6-16(7-10-26)19(28)22-8-5-15-3-2-4-17(21)12-15/h2-4,11-13,16H,5-10H2,1H3,(H,22,28). The van der Waals surface area contributed by atoms with Crippen molar-refractivity contribution in [3.8, 4) is 0 Å². The fraction of sp³-hybridized carbons (Fsp3) is 0.400. The third-order valence-electron chi connectivity index (χ3n) is 5.15. The normalized spacial score (nSPS) is 15.1. The summed E-state index contributed by atoms with van der Waals surface area (Å²) in [5, 5.41) is 7.25. The molecule has 0 unspecified atom stereocenters. The van der Waals surface area contributed by atoms with Gasteiger partial charge in [-0.25, -0.2) is 9.37 Å². The zero-order valence-electron chi connectivity index (χ0n) is 15.8. The number of piperidine rings is 1. The molecule has 1 saturated heterocycles. The van der Waals surface area contributed by atoms with Crippen LogP contribution in [-0.4, -0.2) is 45.1 Å². The lowest BCUT2D eigenvalue weighted by atomic mass is 9.96. The highest BCUT2D eigenvalue weighted by Crippen LogP contribution is 2.24. The summed E-state index contributed by atoms with van der Waals surface area (Å²) in [5.41, 5.74) is 1.78. The van der Waals surface area contributed by atoms with Gasteiger partial charge in [-0.15, -0.1) is 0 Å². The lowest BCUT2D eigenvalue weighted by Crippen LogP contribution is -2.41. The molecule has 8 heteroatoms. The predicted molar refractivity (Wildman–Crippen MR) is 104 cm³/mol. The molecule has 1 aromatic carbocycles. The molecule has 0 saturated carbocycles. The molecule has 7 nitrogen and oxygen atoms in total. The molecule has 2 aromatic heterocycles. The summed E-state index contributed by atoms with van der Waals surface area (Å²) in [4.78, 5) is 23.3. The van der Waals surface area contributed by atoms with Gasteiger partial charge >= 0.3 is 0 Å². The number of hydrogen-bond acceptors (Lipinski definition) is 5. The largest absolute Gasteiger partial charge is 0.356 e. The molecule has 146 valence electrons. The molecule has 28 heavy (non-hydrogen) atoms. The minimum atomic E-state index is -0.246. The van der Waals surface area contributed by atoms with Gasteiger partial charge in [0.05, 0.1) is 0 Å². The van der Waals surface area contributed by atoms with E-state index in [1.54, 1.807) is 10.6 Å². The number of aryl methyl sites for hydroxylation is 1. The highest BCUT2D eigenvalue weighted by atomic mass is 19.1. The Bertz CT molecular complexity index is 980. The summed E-state index contributed by atoms with van der Waals surface area (Å²) >= 11 is 0. The Labute approximate surface area is 162 Å². The highest BCUT2D eigenvalue weighted by molar-refractivity contribution is 5.79. The van der Waals surface area contributed by atoms with Gasteiger partial charge in [0, 0.05) is 37.3 Å². The minimum Gasteiger partial charge on any atom is -0.356 e. The summed E-state index contributed by atoms with van der Waals surface area (Å²) in [6, 6.07) is 8.49. The lowest BCUT2D eigenvalue weighted by Gasteiger charge is -2.32. The van der Waals surface area contributed by atoms with Gasteiger partial charge in [-0.2, -0.15) is 14.6 Å². The molecule has 1 aliphatic rings. The van der Waals surface area contributed by atoms with Gasteiger partial charge in [0.15, 0.2) is 0 Å². The predicted octanol–water partition coefficient (Wildman–Crippen LogP) is 2.15. The number of amides is 1. The molecular weight excluding hydrogens is 359 g/mol. The van der Waals surface area contributed by atoms with Crippen LogP contribution in [0.4, 0.5) is 10.2 Å². The molecule has 0 bridgehead atoms. The molecule has 1 fully saturated rings. The molecule has 0 aliphatic carbocycles. The van der Waals surface area contributed by atoms with Crippen molar-refractivity contribution < 1.29 is 9.18 Å². The number of carbonyl (C=O) groups is 1. The zero-order chi connectivity index (χ0) is 19.5. The van der Waals surface area contributed by atoms with E-state index in [-0.39, 0.29) is 17.6 Å². The number of aromatic nitrogens is 4. The van der Waals surface area contributed by atoms with E-state index in [9.17, 15) is 9.18 Å². The van der Waals surface area contributed by atoms with E-state index in [0.717, 1.165) is 43.0 Å². The van der Waals surface area contributed by atoms with Crippen LogP contribution < -0.4 is 10.2 Å². The van der Waals surface area contributed by atoms with E-state index in [1.807, 2.05) is 19.1 Å². The van der Waals surface area contributed by atoms with Crippen LogP contribution in [-0.2, 0) is 11.2 Å². The number of nitrogens with zero attached hydrogens (tertiary/aromatic N) is 5. The van der Waals surface area contributed by atoms with Crippen molar-refractivity contribution in [2.75, 3.05) is 24.5 Å². The minimum absolute atomic E-state index is 0.00192. The first-order valence-corrected chi connectivity index (χ1v) is 9.54. The lowest BCUT2D eigenvalue weighted by molar-refractivity contribution is -0.125. The van der Waals surface area contributed by atoms with Gasteiger partial charge < -0.3 is 10.2 Å². The Morgan fingerprint density at radius 2 is 2.11 bits per heavy atom. The third kappa shape index (κ3) is 3.95.